The molecule has 208 valence electrons. The van der Waals surface area contributed by atoms with Crippen LogP contribution in [-0.2, 0) is 9.47 Å². The second-order valence-electron chi connectivity index (χ2n) is 11.9. The third-order valence-corrected chi connectivity index (χ3v) is 8.03. The number of anilines is 1. The predicted octanol–water partition coefficient (Wildman–Crippen LogP) is 7.48. The van der Waals surface area contributed by atoms with E-state index in [0.717, 1.165) is 30.6 Å². The number of alkyl carbamates (subject to hydrolysis) is 1. The van der Waals surface area contributed by atoms with E-state index in [2.05, 4.69) is 39.9 Å². The first-order valence-electron chi connectivity index (χ1n) is 14.3. The Morgan fingerprint density at radius 1 is 1.05 bits per heavy atom. The fourth-order valence-corrected chi connectivity index (χ4v) is 6.30. The van der Waals surface area contributed by atoms with Crippen molar-refractivity contribution in [2.75, 3.05) is 25.5 Å². The fourth-order valence-electron chi connectivity index (χ4n) is 6.30. The van der Waals surface area contributed by atoms with Crippen molar-refractivity contribution in [3.05, 3.63) is 53.1 Å². The summed E-state index contributed by atoms with van der Waals surface area (Å²) >= 11 is 0. The summed E-state index contributed by atoms with van der Waals surface area (Å²) in [6.45, 7) is 7.07. The van der Waals surface area contributed by atoms with E-state index in [1.165, 1.54) is 67.0 Å². The lowest BCUT2D eigenvalue weighted by molar-refractivity contribution is 0.0525. The molecule has 2 aromatic carbocycles. The third kappa shape index (κ3) is 5.92. The van der Waals surface area contributed by atoms with E-state index in [1.54, 1.807) is 0 Å². The Kier molecular flexibility index (Phi) is 7.87. The Morgan fingerprint density at radius 3 is 2.59 bits per heavy atom. The van der Waals surface area contributed by atoms with E-state index in [9.17, 15) is 9.59 Å². The number of ether oxygens (including phenoxy) is 2. The smallest absolute Gasteiger partial charge is 0.407 e. The van der Waals surface area contributed by atoms with Crippen LogP contribution in [0.5, 0.6) is 0 Å². The van der Waals surface area contributed by atoms with Crippen molar-refractivity contribution in [1.82, 2.24) is 10.3 Å². The topological polar surface area (TPSA) is 92.5 Å². The molecule has 1 unspecified atom stereocenters. The molecule has 2 aliphatic rings. The zero-order valence-corrected chi connectivity index (χ0v) is 23.6. The summed E-state index contributed by atoms with van der Waals surface area (Å²) in [6.07, 6.45) is 7.64. The minimum atomic E-state index is -0.506. The quantitative estimate of drug-likeness (QED) is 0.287. The van der Waals surface area contributed by atoms with Crippen molar-refractivity contribution in [2.24, 2.45) is 0 Å². The van der Waals surface area contributed by atoms with Crippen molar-refractivity contribution >= 4 is 28.7 Å². The number of hydrogen-bond acceptors (Lipinski definition) is 5. The standard InChI is InChI=1S/C32H41N3O4/c1-32(2,3)39-31(37)34-18-16-20-15-17-33-28-23(20)11-8-12-25(28)29-27(21-9-6-5-7-10-21)24-14-13-22(30(36)38-4)19-26(24)35-29/h8,11-14,19-21,33,35H,5-7,9-10,15-18H2,1-4H3,(H,34,37). The Bertz CT molecular complexity index is 1350. The highest BCUT2D eigenvalue weighted by Gasteiger charge is 2.28. The number of rotatable bonds is 6. The van der Waals surface area contributed by atoms with Gasteiger partial charge in [0, 0.05) is 35.2 Å². The summed E-state index contributed by atoms with van der Waals surface area (Å²) in [7, 11) is 1.42. The summed E-state index contributed by atoms with van der Waals surface area (Å²) in [5, 5.41) is 7.81. The van der Waals surface area contributed by atoms with E-state index < -0.39 is 5.60 Å². The van der Waals surface area contributed by atoms with Gasteiger partial charge in [0.05, 0.1) is 18.4 Å². The molecule has 0 saturated heterocycles. The van der Waals surface area contributed by atoms with Crippen molar-refractivity contribution in [1.29, 1.82) is 0 Å². The van der Waals surface area contributed by atoms with Crippen molar-refractivity contribution in [3.63, 3.8) is 0 Å². The van der Waals surface area contributed by atoms with E-state index in [4.69, 9.17) is 9.47 Å². The molecule has 3 aromatic rings. The lowest BCUT2D eigenvalue weighted by Crippen LogP contribution is -2.33. The molecule has 1 aromatic heterocycles. The fraction of sp³-hybridized carbons (Fsp3) is 0.500. The van der Waals surface area contributed by atoms with Crippen LogP contribution in [0.4, 0.5) is 10.5 Å². The lowest BCUT2D eigenvalue weighted by atomic mass is 9.80. The van der Waals surface area contributed by atoms with Crippen LogP contribution < -0.4 is 10.6 Å². The van der Waals surface area contributed by atoms with Gasteiger partial charge in [-0.2, -0.15) is 0 Å². The van der Waals surface area contributed by atoms with Crippen LogP contribution in [-0.4, -0.2) is 42.8 Å². The minimum absolute atomic E-state index is 0.325. The van der Waals surface area contributed by atoms with Gasteiger partial charge in [-0.05, 0) is 81.5 Å². The number of carbonyl (C=O) groups is 2. The highest BCUT2D eigenvalue weighted by atomic mass is 16.6. The number of esters is 1. The van der Waals surface area contributed by atoms with Gasteiger partial charge in [-0.1, -0.05) is 43.5 Å². The SMILES string of the molecule is COC(=O)c1ccc2c(C3CCCCC3)c(-c3cccc4c3NCCC4CCNC(=O)OC(C)(C)C)[nH]c2c1. The van der Waals surface area contributed by atoms with Gasteiger partial charge in [-0.3, -0.25) is 0 Å². The maximum Gasteiger partial charge on any atom is 0.407 e. The van der Waals surface area contributed by atoms with Crippen LogP contribution in [0.25, 0.3) is 22.2 Å². The molecule has 1 aliphatic carbocycles. The molecule has 5 rings (SSSR count). The number of aromatic amines is 1. The van der Waals surface area contributed by atoms with Crippen LogP contribution in [0.2, 0.25) is 0 Å². The van der Waals surface area contributed by atoms with Crippen LogP contribution in [0, 0.1) is 0 Å². The van der Waals surface area contributed by atoms with Gasteiger partial charge in [0.2, 0.25) is 0 Å². The van der Waals surface area contributed by atoms with E-state index in [-0.39, 0.29) is 12.1 Å². The van der Waals surface area contributed by atoms with Gasteiger partial charge in [0.1, 0.15) is 5.60 Å². The summed E-state index contributed by atoms with van der Waals surface area (Å²) in [5.41, 5.74) is 7.16. The number of hydrogen-bond donors (Lipinski definition) is 3. The maximum absolute atomic E-state index is 12.3. The first-order valence-corrected chi connectivity index (χ1v) is 14.3. The largest absolute Gasteiger partial charge is 0.465 e. The number of benzene rings is 2. The number of fused-ring (bicyclic) bond motifs is 2. The molecule has 0 spiro atoms. The van der Waals surface area contributed by atoms with Crippen molar-refractivity contribution in [3.8, 4) is 11.3 Å². The maximum atomic E-state index is 12.3. The summed E-state index contributed by atoms with van der Waals surface area (Å²) in [5.74, 6) is 0.498. The molecule has 3 N–H and O–H groups in total. The summed E-state index contributed by atoms with van der Waals surface area (Å²) < 4.78 is 10.4. The molecule has 7 nitrogen and oxygen atoms in total. The van der Waals surface area contributed by atoms with Crippen molar-refractivity contribution < 1.29 is 19.1 Å². The Balaban J connectivity index is 1.49. The third-order valence-electron chi connectivity index (χ3n) is 8.03. The van der Waals surface area contributed by atoms with E-state index in [1.807, 2.05) is 32.9 Å². The molecule has 0 bridgehead atoms. The molecule has 1 atom stereocenters. The average Bonchev–Trinajstić information content (AvgIpc) is 3.30. The zero-order valence-electron chi connectivity index (χ0n) is 23.6. The highest BCUT2D eigenvalue weighted by Crippen LogP contribution is 2.46. The lowest BCUT2D eigenvalue weighted by Gasteiger charge is -2.30. The van der Waals surface area contributed by atoms with Gasteiger partial charge < -0.3 is 25.1 Å². The molecule has 0 radical (unpaired) electrons. The summed E-state index contributed by atoms with van der Waals surface area (Å²) in [4.78, 5) is 28.1. The second kappa shape index (κ2) is 11.3. The highest BCUT2D eigenvalue weighted by molar-refractivity contribution is 5.99. The molecule has 1 aliphatic heterocycles. The Labute approximate surface area is 231 Å². The first-order chi connectivity index (χ1) is 18.7. The number of para-hydroxylation sites is 1. The van der Waals surface area contributed by atoms with Gasteiger partial charge >= 0.3 is 12.1 Å². The molecule has 1 fully saturated rings. The molecule has 1 amide bonds. The number of amides is 1. The Hall–Kier alpha value is -3.48. The summed E-state index contributed by atoms with van der Waals surface area (Å²) in [6, 6.07) is 12.4. The van der Waals surface area contributed by atoms with Crippen LogP contribution >= 0.6 is 0 Å². The normalized spacial score (nSPS) is 17.8. The number of nitrogens with one attached hydrogen (secondary N) is 3. The second-order valence-corrected chi connectivity index (χ2v) is 11.9. The average molecular weight is 532 g/mol. The molecule has 2 heterocycles. The predicted molar refractivity (Wildman–Crippen MR) is 156 cm³/mol. The molecular formula is C32H41N3O4. The van der Waals surface area contributed by atoms with Crippen molar-refractivity contribution in [2.45, 2.75) is 83.2 Å². The number of methoxy groups -OCH3 is 1. The minimum Gasteiger partial charge on any atom is -0.465 e. The van der Waals surface area contributed by atoms with E-state index in [0.29, 0.717) is 23.9 Å². The molecular weight excluding hydrogens is 490 g/mol. The van der Waals surface area contributed by atoms with Crippen LogP contribution in [0.1, 0.15) is 99.0 Å². The Morgan fingerprint density at radius 2 is 1.85 bits per heavy atom. The molecule has 39 heavy (non-hydrogen) atoms. The van der Waals surface area contributed by atoms with Gasteiger partial charge in [0.15, 0.2) is 0 Å². The number of aromatic nitrogens is 1. The first kappa shape index (κ1) is 27.1. The van der Waals surface area contributed by atoms with Crippen LogP contribution in [0.15, 0.2) is 36.4 Å². The number of H-pyrrole nitrogens is 1. The number of carbonyl (C=O) groups excluding carboxylic acids is 2. The van der Waals surface area contributed by atoms with Crippen LogP contribution in [0.3, 0.4) is 0 Å². The molecule has 1 saturated carbocycles. The van der Waals surface area contributed by atoms with Gasteiger partial charge in [0.25, 0.3) is 0 Å². The van der Waals surface area contributed by atoms with Gasteiger partial charge in [-0.15, -0.1) is 0 Å². The van der Waals surface area contributed by atoms with E-state index >= 15 is 0 Å². The molecule has 7 heteroatoms. The monoisotopic (exact) mass is 531 g/mol. The zero-order chi connectivity index (χ0) is 27.6. The van der Waals surface area contributed by atoms with Gasteiger partial charge in [-0.25, -0.2) is 9.59 Å².